The van der Waals surface area contributed by atoms with Crippen molar-refractivity contribution < 1.29 is 9.59 Å². The molecule has 0 bridgehead atoms. The highest BCUT2D eigenvalue weighted by molar-refractivity contribution is 5.83. The average molecular weight is 505 g/mol. The molecule has 2 heterocycles. The molecule has 6 heteroatoms. The molecule has 38 heavy (non-hydrogen) atoms. The Morgan fingerprint density at radius 3 is 1.39 bits per heavy atom. The first-order chi connectivity index (χ1) is 18.6. The van der Waals surface area contributed by atoms with Crippen molar-refractivity contribution >= 4 is 11.6 Å². The van der Waals surface area contributed by atoms with Crippen molar-refractivity contribution in [3.8, 4) is 0 Å². The Labute approximate surface area is 223 Å². The Bertz CT molecular complexity index is 1240. The summed E-state index contributed by atoms with van der Waals surface area (Å²) in [6.45, 7) is 0. The van der Waals surface area contributed by atoms with E-state index >= 15 is 0 Å². The largest absolute Gasteiger partial charge is 0.299 e. The highest BCUT2D eigenvalue weighted by Crippen LogP contribution is 2.39. The molecule has 0 radical (unpaired) electrons. The topological polar surface area (TPSA) is 85.7 Å². The van der Waals surface area contributed by atoms with Gasteiger partial charge in [0.05, 0.1) is 35.6 Å². The van der Waals surface area contributed by atoms with Crippen molar-refractivity contribution in [2.45, 2.75) is 63.2 Å². The first kappa shape index (κ1) is 25.6. The van der Waals surface area contributed by atoms with Crippen molar-refractivity contribution in [2.24, 2.45) is 0 Å². The van der Waals surface area contributed by atoms with Crippen LogP contribution in [-0.2, 0) is 35.3 Å². The number of hydrogen-bond donors (Lipinski definition) is 0. The molecule has 6 nitrogen and oxygen atoms in total. The SMILES string of the molecule is O=C(Cc1ccccc1)Cc1ccc([C@@H]2CCC[C@@H](c3ccc(CC(=O)Cc4ccccc4)nn3)C2)nn1. The summed E-state index contributed by atoms with van der Waals surface area (Å²) >= 11 is 0. The fourth-order valence-corrected chi connectivity index (χ4v) is 5.27. The lowest BCUT2D eigenvalue weighted by molar-refractivity contribution is -0.118. The summed E-state index contributed by atoms with van der Waals surface area (Å²) in [6.07, 6.45) is 5.59. The molecule has 1 aliphatic rings. The van der Waals surface area contributed by atoms with Crippen LogP contribution in [0.1, 0.15) is 71.4 Å². The summed E-state index contributed by atoms with van der Waals surface area (Å²) in [5.41, 5.74) is 5.42. The van der Waals surface area contributed by atoms with Gasteiger partial charge in [0.2, 0.25) is 0 Å². The third kappa shape index (κ3) is 7.03. The second-order valence-corrected chi connectivity index (χ2v) is 10.2. The summed E-state index contributed by atoms with van der Waals surface area (Å²) in [4.78, 5) is 24.9. The fraction of sp³-hybridized carbons (Fsp3) is 0.312. The summed E-state index contributed by atoms with van der Waals surface area (Å²) in [7, 11) is 0. The summed E-state index contributed by atoms with van der Waals surface area (Å²) < 4.78 is 0. The van der Waals surface area contributed by atoms with Crippen LogP contribution in [-0.4, -0.2) is 32.0 Å². The molecule has 0 amide bonds. The minimum atomic E-state index is 0.139. The molecular weight excluding hydrogens is 472 g/mol. The number of benzene rings is 2. The van der Waals surface area contributed by atoms with E-state index in [4.69, 9.17) is 0 Å². The number of hydrogen-bond acceptors (Lipinski definition) is 6. The first-order valence-corrected chi connectivity index (χ1v) is 13.4. The number of ketones is 2. The quantitative estimate of drug-likeness (QED) is 0.287. The highest BCUT2D eigenvalue weighted by atomic mass is 16.1. The van der Waals surface area contributed by atoms with Gasteiger partial charge in [-0.25, -0.2) is 0 Å². The zero-order valence-electron chi connectivity index (χ0n) is 21.5. The lowest BCUT2D eigenvalue weighted by atomic mass is 9.78. The molecule has 0 N–H and O–H groups in total. The van der Waals surface area contributed by atoms with Crippen molar-refractivity contribution in [1.29, 1.82) is 0 Å². The number of carbonyl (C=O) groups excluding carboxylic acids is 2. The molecule has 192 valence electrons. The summed E-state index contributed by atoms with van der Waals surface area (Å²) in [5, 5.41) is 17.7. The Morgan fingerprint density at radius 1 is 0.553 bits per heavy atom. The van der Waals surface area contributed by atoms with Crippen LogP contribution in [0, 0.1) is 0 Å². The molecule has 4 aromatic rings. The van der Waals surface area contributed by atoms with Gasteiger partial charge in [0.1, 0.15) is 11.6 Å². The lowest BCUT2D eigenvalue weighted by Gasteiger charge is -2.28. The first-order valence-electron chi connectivity index (χ1n) is 13.4. The molecule has 0 aliphatic heterocycles. The van der Waals surface area contributed by atoms with Crippen LogP contribution in [0.5, 0.6) is 0 Å². The highest BCUT2D eigenvalue weighted by Gasteiger charge is 2.27. The Kier molecular flexibility index (Phi) is 8.39. The van der Waals surface area contributed by atoms with E-state index in [2.05, 4.69) is 20.4 Å². The van der Waals surface area contributed by atoms with Gasteiger partial charge in [-0.3, -0.25) is 9.59 Å². The maximum absolute atomic E-state index is 12.4. The second-order valence-electron chi connectivity index (χ2n) is 10.2. The van der Waals surface area contributed by atoms with E-state index in [1.807, 2.05) is 84.9 Å². The number of carbonyl (C=O) groups is 2. The molecular formula is C32H32N4O2. The Hall–Kier alpha value is -4.06. The third-order valence-corrected chi connectivity index (χ3v) is 7.24. The van der Waals surface area contributed by atoms with Gasteiger partial charge in [-0.15, -0.1) is 0 Å². The van der Waals surface area contributed by atoms with E-state index in [1.165, 1.54) is 0 Å². The van der Waals surface area contributed by atoms with Gasteiger partial charge >= 0.3 is 0 Å². The predicted octanol–water partition coefficient (Wildman–Crippen LogP) is 5.42. The molecule has 1 aliphatic carbocycles. The van der Waals surface area contributed by atoms with Crippen LogP contribution in [0.3, 0.4) is 0 Å². The third-order valence-electron chi connectivity index (χ3n) is 7.24. The Morgan fingerprint density at radius 2 is 1.00 bits per heavy atom. The van der Waals surface area contributed by atoms with E-state index in [-0.39, 0.29) is 11.6 Å². The van der Waals surface area contributed by atoms with Crippen LogP contribution < -0.4 is 0 Å². The molecule has 0 unspecified atom stereocenters. The van der Waals surface area contributed by atoms with Crippen LogP contribution in [0.4, 0.5) is 0 Å². The molecule has 0 spiro atoms. The normalized spacial score (nSPS) is 17.2. The number of rotatable bonds is 10. The van der Waals surface area contributed by atoms with Gasteiger partial charge in [0, 0.05) is 24.7 Å². The second kappa shape index (κ2) is 12.5. The van der Waals surface area contributed by atoms with E-state index in [9.17, 15) is 9.59 Å². The molecule has 5 rings (SSSR count). The smallest absolute Gasteiger partial charge is 0.143 e. The van der Waals surface area contributed by atoms with Gasteiger partial charge in [0.25, 0.3) is 0 Å². The lowest BCUT2D eigenvalue weighted by Crippen LogP contribution is -2.17. The Balaban J connectivity index is 1.14. The minimum Gasteiger partial charge on any atom is -0.299 e. The van der Waals surface area contributed by atoms with Gasteiger partial charge in [-0.2, -0.15) is 20.4 Å². The van der Waals surface area contributed by atoms with E-state index in [1.54, 1.807) is 0 Å². The van der Waals surface area contributed by atoms with Crippen molar-refractivity contribution in [2.75, 3.05) is 0 Å². The minimum absolute atomic E-state index is 0.139. The number of nitrogens with zero attached hydrogens (tertiary/aromatic N) is 4. The van der Waals surface area contributed by atoms with Crippen LogP contribution in [0.15, 0.2) is 84.9 Å². The maximum atomic E-state index is 12.4. The molecule has 1 fully saturated rings. The van der Waals surface area contributed by atoms with E-state index in [0.717, 1.165) is 48.2 Å². The van der Waals surface area contributed by atoms with Gasteiger partial charge < -0.3 is 0 Å². The van der Waals surface area contributed by atoms with Crippen molar-refractivity contribution in [3.05, 3.63) is 119 Å². The van der Waals surface area contributed by atoms with Crippen molar-refractivity contribution in [1.82, 2.24) is 20.4 Å². The standard InChI is InChI=1S/C32H32N4O2/c37-29(18-23-8-3-1-4-9-23)21-27-14-16-31(35-33-27)25-12-7-13-26(20-25)32-17-15-28(34-36-32)22-30(38)19-24-10-5-2-6-11-24/h1-6,8-11,14-17,25-26H,7,12-13,18-22H2/t25-,26-/m1/s1. The molecule has 2 aromatic heterocycles. The maximum Gasteiger partial charge on any atom is 0.143 e. The summed E-state index contributed by atoms with van der Waals surface area (Å²) in [5.74, 6) is 0.896. The van der Waals surface area contributed by atoms with Crippen LogP contribution in [0.2, 0.25) is 0 Å². The molecule has 0 saturated heterocycles. The monoisotopic (exact) mass is 504 g/mol. The van der Waals surface area contributed by atoms with Crippen molar-refractivity contribution in [3.63, 3.8) is 0 Å². The molecule has 1 saturated carbocycles. The van der Waals surface area contributed by atoms with E-state index < -0.39 is 0 Å². The van der Waals surface area contributed by atoms with E-state index in [0.29, 0.717) is 48.9 Å². The van der Waals surface area contributed by atoms with Gasteiger partial charge in [-0.1, -0.05) is 67.1 Å². The predicted molar refractivity (Wildman–Crippen MR) is 146 cm³/mol. The zero-order chi connectivity index (χ0) is 26.2. The van der Waals surface area contributed by atoms with Crippen LogP contribution in [0.25, 0.3) is 0 Å². The average Bonchev–Trinajstić information content (AvgIpc) is 2.95. The van der Waals surface area contributed by atoms with Crippen LogP contribution >= 0.6 is 0 Å². The van der Waals surface area contributed by atoms with Gasteiger partial charge in [-0.05, 0) is 54.7 Å². The molecule has 2 atom stereocenters. The van der Waals surface area contributed by atoms with Gasteiger partial charge in [0.15, 0.2) is 0 Å². The molecule has 2 aromatic carbocycles. The number of aromatic nitrogens is 4. The number of Topliss-reactive ketones (excluding diaryl/α,β-unsaturated/α-hetero) is 2. The zero-order valence-corrected chi connectivity index (χ0v) is 21.5. The summed E-state index contributed by atoms with van der Waals surface area (Å²) in [6, 6.07) is 27.5. The fourth-order valence-electron chi connectivity index (χ4n) is 5.27.